The van der Waals surface area contributed by atoms with Gasteiger partial charge in [0.15, 0.2) is 0 Å². The van der Waals surface area contributed by atoms with E-state index in [-0.39, 0.29) is 10.5 Å². The second-order valence-corrected chi connectivity index (χ2v) is 9.75. The second kappa shape index (κ2) is 8.21. The molecule has 0 bridgehead atoms. The number of hydrogen-bond acceptors (Lipinski definition) is 4. The van der Waals surface area contributed by atoms with E-state index < -0.39 is 27.4 Å². The Bertz CT molecular complexity index is 853. The number of piperidine rings is 1. The van der Waals surface area contributed by atoms with Crippen molar-refractivity contribution in [1.82, 2.24) is 9.62 Å². The molecule has 8 heteroatoms. The van der Waals surface area contributed by atoms with Crippen LogP contribution in [0, 0.1) is 6.92 Å². The zero-order valence-electron chi connectivity index (χ0n) is 16.2. The average molecular weight is 409 g/mol. The molecular formula is C20H28N2O5S. The summed E-state index contributed by atoms with van der Waals surface area (Å²) in [5.74, 6) is -1.58. The highest BCUT2D eigenvalue weighted by Gasteiger charge is 2.41. The van der Waals surface area contributed by atoms with Crippen molar-refractivity contribution in [3.63, 3.8) is 0 Å². The molecule has 1 saturated carbocycles. The lowest BCUT2D eigenvalue weighted by molar-refractivity contribution is -0.145. The van der Waals surface area contributed by atoms with Crippen LogP contribution in [-0.4, -0.2) is 48.3 Å². The fourth-order valence-corrected chi connectivity index (χ4v) is 5.87. The normalized spacial score (nSPS) is 20.5. The third kappa shape index (κ3) is 4.07. The number of nitrogens with one attached hydrogen (secondary N) is 1. The molecule has 0 atom stereocenters. The molecule has 1 aromatic carbocycles. The summed E-state index contributed by atoms with van der Waals surface area (Å²) in [6.07, 6.45) is 5.90. The first-order valence-electron chi connectivity index (χ1n) is 9.93. The summed E-state index contributed by atoms with van der Waals surface area (Å²) in [4.78, 5) is 24.7. The molecule has 1 aromatic rings. The summed E-state index contributed by atoms with van der Waals surface area (Å²) in [5.41, 5.74) is -0.522. The van der Waals surface area contributed by atoms with Gasteiger partial charge in [-0.2, -0.15) is 4.31 Å². The van der Waals surface area contributed by atoms with Crippen molar-refractivity contribution in [3.8, 4) is 0 Å². The van der Waals surface area contributed by atoms with Crippen LogP contribution in [0.5, 0.6) is 0 Å². The molecule has 1 amide bonds. The van der Waals surface area contributed by atoms with Gasteiger partial charge < -0.3 is 10.4 Å². The molecule has 154 valence electrons. The summed E-state index contributed by atoms with van der Waals surface area (Å²) in [6, 6.07) is 4.55. The maximum absolute atomic E-state index is 13.0. The lowest BCUT2D eigenvalue weighted by Gasteiger charge is -2.34. The third-order valence-corrected chi connectivity index (χ3v) is 7.89. The number of aliphatic carboxylic acids is 1. The van der Waals surface area contributed by atoms with E-state index in [1.807, 2.05) is 0 Å². The molecular weight excluding hydrogens is 380 g/mol. The minimum absolute atomic E-state index is 0.120. The van der Waals surface area contributed by atoms with Crippen molar-refractivity contribution in [3.05, 3.63) is 29.3 Å². The first kappa shape index (κ1) is 20.8. The molecule has 2 fully saturated rings. The first-order chi connectivity index (χ1) is 13.3. The highest BCUT2D eigenvalue weighted by atomic mass is 32.2. The summed E-state index contributed by atoms with van der Waals surface area (Å²) in [5, 5.41) is 12.3. The maximum Gasteiger partial charge on any atom is 0.329 e. The average Bonchev–Trinajstić information content (AvgIpc) is 2.69. The van der Waals surface area contributed by atoms with Crippen LogP contribution in [0.4, 0.5) is 0 Å². The van der Waals surface area contributed by atoms with Crippen molar-refractivity contribution in [2.45, 2.75) is 68.7 Å². The van der Waals surface area contributed by atoms with Gasteiger partial charge in [0.2, 0.25) is 10.0 Å². The lowest BCUT2D eigenvalue weighted by atomic mass is 9.81. The van der Waals surface area contributed by atoms with E-state index in [0.717, 1.165) is 38.5 Å². The first-order valence-corrected chi connectivity index (χ1v) is 11.4. The van der Waals surface area contributed by atoms with Crippen LogP contribution in [0.15, 0.2) is 23.1 Å². The SMILES string of the molecule is Cc1ccc(C(=O)NC2(C(=O)O)CCCCC2)cc1S(=O)(=O)N1CCCCC1. The Kier molecular flexibility index (Phi) is 6.09. The van der Waals surface area contributed by atoms with Gasteiger partial charge in [-0.1, -0.05) is 31.7 Å². The Morgan fingerprint density at radius 2 is 1.64 bits per heavy atom. The summed E-state index contributed by atoms with van der Waals surface area (Å²) in [7, 11) is -3.68. The van der Waals surface area contributed by atoms with Gasteiger partial charge in [-0.25, -0.2) is 13.2 Å². The molecule has 7 nitrogen and oxygen atoms in total. The number of rotatable bonds is 5. The maximum atomic E-state index is 13.0. The van der Waals surface area contributed by atoms with Crippen molar-refractivity contribution in [2.24, 2.45) is 0 Å². The molecule has 1 heterocycles. The molecule has 0 unspecified atom stereocenters. The van der Waals surface area contributed by atoms with Crippen LogP contribution < -0.4 is 5.32 Å². The van der Waals surface area contributed by atoms with Gasteiger partial charge in [0.1, 0.15) is 5.54 Å². The smallest absolute Gasteiger partial charge is 0.329 e. The zero-order chi connectivity index (χ0) is 20.4. The van der Waals surface area contributed by atoms with Gasteiger partial charge in [-0.05, 0) is 50.3 Å². The van der Waals surface area contributed by atoms with Gasteiger partial charge in [0.05, 0.1) is 4.90 Å². The van der Waals surface area contributed by atoms with E-state index in [1.165, 1.54) is 10.4 Å². The molecule has 1 aliphatic heterocycles. The molecule has 1 aliphatic carbocycles. The van der Waals surface area contributed by atoms with Gasteiger partial charge in [-0.15, -0.1) is 0 Å². The quantitative estimate of drug-likeness (QED) is 0.780. The monoisotopic (exact) mass is 408 g/mol. The van der Waals surface area contributed by atoms with Crippen LogP contribution in [0.2, 0.25) is 0 Å². The number of benzene rings is 1. The van der Waals surface area contributed by atoms with E-state index in [4.69, 9.17) is 0 Å². The molecule has 0 radical (unpaired) electrons. The minimum Gasteiger partial charge on any atom is -0.480 e. The number of carbonyl (C=O) groups excluding carboxylic acids is 1. The number of carboxylic acid groups (broad SMARTS) is 1. The standard InChI is InChI=1S/C20H28N2O5S/c1-15-8-9-16(14-17(15)28(26,27)22-12-6-3-7-13-22)18(23)21-20(19(24)25)10-4-2-5-11-20/h8-9,14H,2-7,10-13H2,1H3,(H,21,23)(H,24,25). The number of carbonyl (C=O) groups is 2. The largest absolute Gasteiger partial charge is 0.480 e. The van der Waals surface area contributed by atoms with Crippen LogP contribution in [0.25, 0.3) is 0 Å². The summed E-state index contributed by atoms with van der Waals surface area (Å²) >= 11 is 0. The van der Waals surface area contributed by atoms with Crippen molar-refractivity contribution in [1.29, 1.82) is 0 Å². The highest BCUT2D eigenvalue weighted by Crippen LogP contribution is 2.30. The van der Waals surface area contributed by atoms with E-state index >= 15 is 0 Å². The number of carboxylic acids is 1. The Morgan fingerprint density at radius 1 is 1.04 bits per heavy atom. The molecule has 0 aromatic heterocycles. The summed E-state index contributed by atoms with van der Waals surface area (Å²) in [6.45, 7) is 2.68. The number of hydrogen-bond donors (Lipinski definition) is 2. The highest BCUT2D eigenvalue weighted by molar-refractivity contribution is 7.89. The van der Waals surface area contributed by atoms with E-state index in [9.17, 15) is 23.1 Å². The Morgan fingerprint density at radius 3 is 2.25 bits per heavy atom. The van der Waals surface area contributed by atoms with E-state index in [1.54, 1.807) is 19.1 Å². The topological polar surface area (TPSA) is 104 Å². The van der Waals surface area contributed by atoms with Gasteiger partial charge >= 0.3 is 5.97 Å². The number of nitrogens with zero attached hydrogens (tertiary/aromatic N) is 1. The molecule has 28 heavy (non-hydrogen) atoms. The van der Waals surface area contributed by atoms with Gasteiger partial charge in [0, 0.05) is 18.7 Å². The molecule has 2 aliphatic rings. The second-order valence-electron chi connectivity index (χ2n) is 7.85. The Labute approximate surface area is 166 Å². The Hall–Kier alpha value is -1.93. The van der Waals surface area contributed by atoms with Crippen LogP contribution in [0.1, 0.15) is 67.3 Å². The van der Waals surface area contributed by atoms with Gasteiger partial charge in [-0.3, -0.25) is 4.79 Å². The van der Waals surface area contributed by atoms with E-state index in [0.29, 0.717) is 31.5 Å². The van der Waals surface area contributed by atoms with Crippen molar-refractivity contribution < 1.29 is 23.1 Å². The predicted molar refractivity (Wildman–Crippen MR) is 105 cm³/mol. The van der Waals surface area contributed by atoms with Crippen LogP contribution >= 0.6 is 0 Å². The number of aryl methyl sites for hydroxylation is 1. The molecule has 3 rings (SSSR count). The molecule has 2 N–H and O–H groups in total. The minimum atomic E-state index is -3.68. The number of amides is 1. The van der Waals surface area contributed by atoms with E-state index in [2.05, 4.69) is 5.32 Å². The van der Waals surface area contributed by atoms with Crippen molar-refractivity contribution >= 4 is 21.9 Å². The third-order valence-electron chi connectivity index (χ3n) is 5.85. The van der Waals surface area contributed by atoms with Crippen LogP contribution in [0.3, 0.4) is 0 Å². The van der Waals surface area contributed by atoms with Gasteiger partial charge in [0.25, 0.3) is 5.91 Å². The molecule has 0 spiro atoms. The zero-order valence-corrected chi connectivity index (χ0v) is 17.1. The molecule has 1 saturated heterocycles. The van der Waals surface area contributed by atoms with Crippen molar-refractivity contribution in [2.75, 3.05) is 13.1 Å². The fourth-order valence-electron chi connectivity index (χ4n) is 4.10. The number of sulfonamides is 1. The van der Waals surface area contributed by atoms with Crippen LogP contribution in [-0.2, 0) is 14.8 Å². The Balaban J connectivity index is 1.88. The fraction of sp³-hybridized carbons (Fsp3) is 0.600. The summed E-state index contributed by atoms with van der Waals surface area (Å²) < 4.78 is 27.6. The predicted octanol–water partition coefficient (Wildman–Crippen LogP) is 2.69. The lowest BCUT2D eigenvalue weighted by Crippen LogP contribution is -2.55.